The molecule has 0 bridgehead atoms. The number of methoxy groups -OCH3 is 1. The summed E-state index contributed by atoms with van der Waals surface area (Å²) in [5.41, 5.74) is 2.30. The van der Waals surface area contributed by atoms with Gasteiger partial charge in [0, 0.05) is 21.0 Å². The van der Waals surface area contributed by atoms with E-state index < -0.39 is 5.97 Å². The zero-order valence-electron chi connectivity index (χ0n) is 15.1. The SMILES string of the molecule is CCOc1ccc(Br)cc1/C=C/C(=O)Nc1sc2c(c1C(=O)OC)CCC2. The van der Waals surface area contributed by atoms with Gasteiger partial charge in [0.2, 0.25) is 5.91 Å². The molecule has 0 saturated heterocycles. The van der Waals surface area contributed by atoms with Crippen molar-refractivity contribution >= 4 is 50.2 Å². The van der Waals surface area contributed by atoms with Crippen LogP contribution in [0.5, 0.6) is 5.75 Å². The summed E-state index contributed by atoms with van der Waals surface area (Å²) in [6.07, 6.45) is 5.95. The van der Waals surface area contributed by atoms with Crippen molar-refractivity contribution in [2.75, 3.05) is 19.0 Å². The van der Waals surface area contributed by atoms with Crippen molar-refractivity contribution in [3.8, 4) is 5.75 Å². The Morgan fingerprint density at radius 2 is 2.15 bits per heavy atom. The van der Waals surface area contributed by atoms with E-state index in [9.17, 15) is 9.59 Å². The minimum Gasteiger partial charge on any atom is -0.493 e. The van der Waals surface area contributed by atoms with Crippen molar-refractivity contribution in [2.45, 2.75) is 26.2 Å². The van der Waals surface area contributed by atoms with Crippen LogP contribution in [0.4, 0.5) is 5.00 Å². The van der Waals surface area contributed by atoms with Crippen molar-refractivity contribution in [1.82, 2.24) is 0 Å². The molecule has 1 aromatic heterocycles. The van der Waals surface area contributed by atoms with Gasteiger partial charge < -0.3 is 14.8 Å². The number of thiophene rings is 1. The fourth-order valence-corrected chi connectivity index (χ4v) is 4.73. The van der Waals surface area contributed by atoms with Gasteiger partial charge >= 0.3 is 5.97 Å². The molecule has 2 aromatic rings. The van der Waals surface area contributed by atoms with E-state index in [-0.39, 0.29) is 5.91 Å². The molecule has 0 atom stereocenters. The van der Waals surface area contributed by atoms with E-state index >= 15 is 0 Å². The van der Waals surface area contributed by atoms with Crippen LogP contribution in [0.25, 0.3) is 6.08 Å². The molecular weight excluding hydrogens is 430 g/mol. The minimum atomic E-state index is -0.403. The number of hydrogen-bond donors (Lipinski definition) is 1. The Bertz CT molecular complexity index is 904. The predicted octanol–water partition coefficient (Wildman–Crippen LogP) is 4.84. The van der Waals surface area contributed by atoms with Gasteiger partial charge in [-0.25, -0.2) is 4.79 Å². The fourth-order valence-electron chi connectivity index (χ4n) is 3.07. The first-order chi connectivity index (χ1) is 13.0. The molecule has 1 heterocycles. The summed E-state index contributed by atoms with van der Waals surface area (Å²) in [7, 11) is 1.36. The molecule has 7 heteroatoms. The molecule has 0 radical (unpaired) electrons. The molecule has 1 aliphatic carbocycles. The second kappa shape index (κ2) is 8.71. The van der Waals surface area contributed by atoms with Crippen molar-refractivity contribution in [3.63, 3.8) is 0 Å². The number of hydrogen-bond acceptors (Lipinski definition) is 5. The molecule has 0 aliphatic heterocycles. The van der Waals surface area contributed by atoms with Crippen molar-refractivity contribution in [2.24, 2.45) is 0 Å². The van der Waals surface area contributed by atoms with E-state index in [1.165, 1.54) is 24.5 Å². The molecule has 1 N–H and O–H groups in total. The summed E-state index contributed by atoms with van der Waals surface area (Å²) < 4.78 is 11.4. The maximum absolute atomic E-state index is 12.4. The lowest BCUT2D eigenvalue weighted by Crippen LogP contribution is -2.12. The largest absolute Gasteiger partial charge is 0.493 e. The van der Waals surface area contributed by atoms with Crippen LogP contribution in [0.15, 0.2) is 28.7 Å². The Morgan fingerprint density at radius 3 is 2.89 bits per heavy atom. The number of anilines is 1. The van der Waals surface area contributed by atoms with Crippen LogP contribution in [-0.2, 0) is 22.4 Å². The Morgan fingerprint density at radius 1 is 1.33 bits per heavy atom. The molecule has 142 valence electrons. The fraction of sp³-hybridized carbons (Fsp3) is 0.300. The van der Waals surface area contributed by atoms with Crippen LogP contribution in [0.3, 0.4) is 0 Å². The van der Waals surface area contributed by atoms with Crippen LogP contribution >= 0.6 is 27.3 Å². The van der Waals surface area contributed by atoms with E-state index in [1.807, 2.05) is 25.1 Å². The zero-order valence-corrected chi connectivity index (χ0v) is 17.5. The highest BCUT2D eigenvalue weighted by molar-refractivity contribution is 9.10. The van der Waals surface area contributed by atoms with E-state index in [2.05, 4.69) is 21.2 Å². The Hall–Kier alpha value is -2.12. The maximum atomic E-state index is 12.4. The number of nitrogens with one attached hydrogen (secondary N) is 1. The lowest BCUT2D eigenvalue weighted by atomic mass is 10.1. The first-order valence-corrected chi connectivity index (χ1v) is 10.3. The third-order valence-electron chi connectivity index (χ3n) is 4.23. The number of aryl methyl sites for hydroxylation is 1. The lowest BCUT2D eigenvalue weighted by molar-refractivity contribution is -0.111. The first-order valence-electron chi connectivity index (χ1n) is 8.67. The Kier molecular flexibility index (Phi) is 6.34. The normalized spacial score (nSPS) is 12.9. The number of carbonyl (C=O) groups is 2. The summed E-state index contributed by atoms with van der Waals surface area (Å²) in [5.74, 6) is -0.00287. The van der Waals surface area contributed by atoms with Gasteiger partial charge in [-0.15, -0.1) is 11.3 Å². The molecule has 1 aromatic carbocycles. The minimum absolute atomic E-state index is 0.303. The number of carbonyl (C=O) groups excluding carboxylic acids is 2. The number of esters is 1. The highest BCUT2D eigenvalue weighted by atomic mass is 79.9. The zero-order chi connectivity index (χ0) is 19.4. The smallest absolute Gasteiger partial charge is 0.341 e. The monoisotopic (exact) mass is 449 g/mol. The van der Waals surface area contributed by atoms with Crippen LogP contribution in [0.2, 0.25) is 0 Å². The van der Waals surface area contributed by atoms with Crippen molar-refractivity contribution in [1.29, 1.82) is 0 Å². The summed E-state index contributed by atoms with van der Waals surface area (Å²) in [6.45, 7) is 2.45. The van der Waals surface area contributed by atoms with Gasteiger partial charge in [-0.05, 0) is 56.0 Å². The third kappa shape index (κ3) is 4.42. The summed E-state index contributed by atoms with van der Waals surface area (Å²) >= 11 is 4.88. The van der Waals surface area contributed by atoms with Gasteiger partial charge in [-0.1, -0.05) is 15.9 Å². The topological polar surface area (TPSA) is 64.6 Å². The highest BCUT2D eigenvalue weighted by Gasteiger charge is 2.27. The second-order valence-electron chi connectivity index (χ2n) is 5.99. The molecule has 0 spiro atoms. The third-order valence-corrected chi connectivity index (χ3v) is 5.93. The predicted molar refractivity (Wildman–Crippen MR) is 111 cm³/mol. The lowest BCUT2D eigenvalue weighted by Gasteiger charge is -2.08. The van der Waals surface area contributed by atoms with E-state index in [0.717, 1.165) is 39.7 Å². The number of benzene rings is 1. The number of amides is 1. The van der Waals surface area contributed by atoms with Gasteiger partial charge in [0.05, 0.1) is 19.3 Å². The number of fused-ring (bicyclic) bond motifs is 1. The number of halogens is 1. The molecular formula is C20H20BrNO4S. The summed E-state index contributed by atoms with van der Waals surface area (Å²) in [4.78, 5) is 25.8. The van der Waals surface area contributed by atoms with E-state index in [0.29, 0.717) is 22.9 Å². The average molecular weight is 450 g/mol. The quantitative estimate of drug-likeness (QED) is 0.506. The van der Waals surface area contributed by atoms with Gasteiger partial charge in [-0.2, -0.15) is 0 Å². The molecule has 1 amide bonds. The van der Waals surface area contributed by atoms with Crippen molar-refractivity contribution in [3.05, 3.63) is 50.3 Å². The van der Waals surface area contributed by atoms with Gasteiger partial charge in [-0.3, -0.25) is 4.79 Å². The molecule has 0 unspecified atom stereocenters. The molecule has 27 heavy (non-hydrogen) atoms. The molecule has 0 fully saturated rings. The molecule has 5 nitrogen and oxygen atoms in total. The van der Waals surface area contributed by atoms with Crippen LogP contribution in [-0.4, -0.2) is 25.6 Å². The maximum Gasteiger partial charge on any atom is 0.341 e. The molecule has 3 rings (SSSR count). The highest BCUT2D eigenvalue weighted by Crippen LogP contribution is 2.39. The first kappa shape index (κ1) is 19.6. The van der Waals surface area contributed by atoms with Crippen LogP contribution in [0.1, 0.15) is 39.7 Å². The van der Waals surface area contributed by atoms with Gasteiger partial charge in [0.1, 0.15) is 10.8 Å². The Balaban J connectivity index is 1.80. The van der Waals surface area contributed by atoms with Crippen molar-refractivity contribution < 1.29 is 19.1 Å². The van der Waals surface area contributed by atoms with Crippen LogP contribution in [0, 0.1) is 0 Å². The standard InChI is InChI=1S/C20H20BrNO4S/c1-3-26-15-9-8-13(21)11-12(15)7-10-17(23)22-19-18(20(24)25-2)14-5-4-6-16(14)27-19/h7-11H,3-6H2,1-2H3,(H,22,23)/b10-7+. The van der Waals surface area contributed by atoms with Crippen LogP contribution < -0.4 is 10.1 Å². The number of rotatable bonds is 6. The van der Waals surface area contributed by atoms with E-state index in [1.54, 1.807) is 6.08 Å². The van der Waals surface area contributed by atoms with Gasteiger partial charge in [0.15, 0.2) is 0 Å². The second-order valence-corrected chi connectivity index (χ2v) is 8.01. The van der Waals surface area contributed by atoms with E-state index in [4.69, 9.17) is 9.47 Å². The molecule has 0 saturated carbocycles. The number of ether oxygens (including phenoxy) is 2. The Labute approximate surface area is 170 Å². The molecule has 1 aliphatic rings. The summed E-state index contributed by atoms with van der Waals surface area (Å²) in [6, 6.07) is 5.62. The van der Waals surface area contributed by atoms with Gasteiger partial charge in [0.25, 0.3) is 0 Å². The average Bonchev–Trinajstić information content (AvgIpc) is 3.22. The summed E-state index contributed by atoms with van der Waals surface area (Å²) in [5, 5.41) is 3.39.